The van der Waals surface area contributed by atoms with E-state index in [0.717, 1.165) is 10.9 Å². The number of hydrogen-bond acceptors (Lipinski definition) is 4. The molecule has 2 aromatic rings. The van der Waals surface area contributed by atoms with Gasteiger partial charge in [-0.3, -0.25) is 19.2 Å². The summed E-state index contributed by atoms with van der Waals surface area (Å²) >= 11 is 5.80. The third kappa shape index (κ3) is 5.33. The average molecular weight is 543 g/mol. The van der Waals surface area contributed by atoms with E-state index in [9.17, 15) is 19.2 Å². The van der Waals surface area contributed by atoms with Gasteiger partial charge in [0, 0.05) is 17.4 Å². The maximum absolute atomic E-state index is 14.0. The van der Waals surface area contributed by atoms with Crippen molar-refractivity contribution in [3.63, 3.8) is 0 Å². The summed E-state index contributed by atoms with van der Waals surface area (Å²) in [7, 11) is 0. The first-order valence-corrected chi connectivity index (χ1v) is 14.0. The van der Waals surface area contributed by atoms with E-state index in [1.54, 1.807) is 11.0 Å². The van der Waals surface area contributed by atoms with Crippen LogP contribution in [0.25, 0.3) is 10.9 Å². The van der Waals surface area contributed by atoms with Crippen LogP contribution in [0.1, 0.15) is 58.5 Å². The second kappa shape index (κ2) is 10.7. The first-order chi connectivity index (χ1) is 17.9. The van der Waals surface area contributed by atoms with E-state index in [1.165, 1.54) is 0 Å². The highest BCUT2D eigenvalue weighted by Gasteiger charge is 2.69. The number of Topliss-reactive ketones (excluding diaryl/α,β-unsaturated/α-hetero) is 1. The third-order valence-corrected chi connectivity index (χ3v) is 8.55. The Balaban J connectivity index is 1.56. The third-order valence-electron chi connectivity index (χ3n) is 8.29. The Morgan fingerprint density at radius 3 is 2.39 bits per heavy atom. The summed E-state index contributed by atoms with van der Waals surface area (Å²) in [5, 5.41) is 6.74. The Labute approximate surface area is 229 Å². The van der Waals surface area contributed by atoms with Gasteiger partial charge in [0.15, 0.2) is 5.78 Å². The Bertz CT molecular complexity index is 1200. The summed E-state index contributed by atoms with van der Waals surface area (Å²) in [4.78, 5) is 57.9. The molecule has 0 radical (unpaired) electrons. The van der Waals surface area contributed by atoms with Gasteiger partial charge in [-0.25, -0.2) is 0 Å². The van der Waals surface area contributed by atoms with E-state index in [2.05, 4.69) is 29.5 Å². The van der Waals surface area contributed by atoms with Crippen molar-refractivity contribution in [3.8, 4) is 0 Å². The summed E-state index contributed by atoms with van der Waals surface area (Å²) in [6.45, 7) is 12.4. The predicted molar refractivity (Wildman–Crippen MR) is 148 cm³/mol. The largest absolute Gasteiger partial charge is 0.351 e. The SMILES string of the molecule is CC(C)C[C@H](NC(=O)c1cc2ccccc2[nH]1)C(=O)N1C[C@H]2[C@@H]([C@H]1C(=O)N[C@H](C(=O)CCl)C(C)C)C2(C)C. The maximum atomic E-state index is 14.0. The lowest BCUT2D eigenvalue weighted by Gasteiger charge is -2.34. The normalized spacial score (nSPS) is 23.3. The Hall–Kier alpha value is -2.87. The van der Waals surface area contributed by atoms with Crippen molar-refractivity contribution in [2.24, 2.45) is 29.1 Å². The minimum absolute atomic E-state index is 0.00512. The number of aromatic nitrogens is 1. The highest BCUT2D eigenvalue weighted by Crippen LogP contribution is 2.65. The van der Waals surface area contributed by atoms with Crippen LogP contribution in [-0.2, 0) is 14.4 Å². The van der Waals surface area contributed by atoms with E-state index in [0.29, 0.717) is 18.7 Å². The molecule has 1 aliphatic heterocycles. The Morgan fingerprint density at radius 2 is 1.79 bits per heavy atom. The van der Waals surface area contributed by atoms with Crippen LogP contribution in [0.4, 0.5) is 0 Å². The summed E-state index contributed by atoms with van der Waals surface area (Å²) in [5.41, 5.74) is 1.14. The molecule has 2 fully saturated rings. The second-order valence-corrected chi connectivity index (χ2v) is 12.4. The quantitative estimate of drug-likeness (QED) is 0.397. The van der Waals surface area contributed by atoms with Crippen LogP contribution in [0.3, 0.4) is 0 Å². The Kier molecular flexibility index (Phi) is 7.94. The number of piperidine rings is 1. The van der Waals surface area contributed by atoms with E-state index in [4.69, 9.17) is 11.6 Å². The number of para-hydroxylation sites is 1. The maximum Gasteiger partial charge on any atom is 0.268 e. The molecule has 2 heterocycles. The minimum atomic E-state index is -0.782. The lowest BCUT2D eigenvalue weighted by molar-refractivity contribution is -0.143. The average Bonchev–Trinajstić information content (AvgIpc) is 3.24. The van der Waals surface area contributed by atoms with Crippen molar-refractivity contribution in [2.75, 3.05) is 12.4 Å². The smallest absolute Gasteiger partial charge is 0.268 e. The van der Waals surface area contributed by atoms with Crippen molar-refractivity contribution in [3.05, 3.63) is 36.0 Å². The van der Waals surface area contributed by atoms with Gasteiger partial charge >= 0.3 is 0 Å². The predicted octanol–water partition coefficient (Wildman–Crippen LogP) is 3.74. The topological polar surface area (TPSA) is 111 Å². The minimum Gasteiger partial charge on any atom is -0.351 e. The number of rotatable bonds is 10. The summed E-state index contributed by atoms with van der Waals surface area (Å²) < 4.78 is 0. The number of carbonyl (C=O) groups is 4. The van der Waals surface area contributed by atoms with Gasteiger partial charge in [-0.05, 0) is 47.6 Å². The Morgan fingerprint density at radius 1 is 1.11 bits per heavy atom. The van der Waals surface area contributed by atoms with Crippen molar-refractivity contribution >= 4 is 46.0 Å². The molecule has 3 amide bonds. The molecule has 1 aromatic heterocycles. The fourth-order valence-corrected chi connectivity index (χ4v) is 6.24. The van der Waals surface area contributed by atoms with Gasteiger partial charge in [0.05, 0.1) is 11.9 Å². The molecule has 3 N–H and O–H groups in total. The van der Waals surface area contributed by atoms with Gasteiger partial charge in [0.1, 0.15) is 17.8 Å². The number of carbonyl (C=O) groups excluding carboxylic acids is 4. The van der Waals surface area contributed by atoms with Crippen LogP contribution in [0.5, 0.6) is 0 Å². The van der Waals surface area contributed by atoms with Gasteiger partial charge in [-0.2, -0.15) is 0 Å². The molecule has 1 aromatic carbocycles. The zero-order valence-corrected chi connectivity index (χ0v) is 23.8. The first kappa shape index (κ1) is 28.1. The van der Waals surface area contributed by atoms with Crippen molar-refractivity contribution in [2.45, 2.75) is 66.1 Å². The van der Waals surface area contributed by atoms with Gasteiger partial charge < -0.3 is 20.5 Å². The zero-order chi connectivity index (χ0) is 27.9. The highest BCUT2D eigenvalue weighted by atomic mass is 35.5. The number of nitrogens with one attached hydrogen (secondary N) is 3. The number of hydrogen-bond donors (Lipinski definition) is 3. The zero-order valence-electron chi connectivity index (χ0n) is 23.0. The number of amides is 3. The van der Waals surface area contributed by atoms with Crippen molar-refractivity contribution in [1.82, 2.24) is 20.5 Å². The van der Waals surface area contributed by atoms with E-state index in [-0.39, 0.29) is 58.5 Å². The summed E-state index contributed by atoms with van der Waals surface area (Å²) in [5.74, 6) is -1.22. The van der Waals surface area contributed by atoms with Crippen LogP contribution in [0, 0.1) is 29.1 Å². The van der Waals surface area contributed by atoms with Crippen LogP contribution in [0.2, 0.25) is 0 Å². The molecule has 0 bridgehead atoms. The lowest BCUT2D eigenvalue weighted by Crippen LogP contribution is -2.58. The molecule has 8 nitrogen and oxygen atoms in total. The molecule has 2 aliphatic rings. The van der Waals surface area contributed by atoms with Crippen molar-refractivity contribution in [1.29, 1.82) is 0 Å². The molecular formula is C29H39ClN4O4. The lowest BCUT2D eigenvalue weighted by atomic mass is 9.96. The molecule has 4 rings (SSSR count). The van der Waals surface area contributed by atoms with Gasteiger partial charge in [-0.15, -0.1) is 11.6 Å². The van der Waals surface area contributed by atoms with Gasteiger partial charge in [-0.1, -0.05) is 59.7 Å². The summed E-state index contributed by atoms with van der Waals surface area (Å²) in [6.07, 6.45) is 0.438. The number of benzene rings is 1. The number of ketones is 1. The molecule has 0 spiro atoms. The number of fused-ring (bicyclic) bond motifs is 2. The number of nitrogens with zero attached hydrogens (tertiary/aromatic N) is 1. The number of H-pyrrole nitrogens is 1. The molecule has 1 aliphatic carbocycles. The number of aromatic amines is 1. The van der Waals surface area contributed by atoms with E-state index in [1.807, 2.05) is 52.0 Å². The van der Waals surface area contributed by atoms with E-state index >= 15 is 0 Å². The van der Waals surface area contributed by atoms with Crippen LogP contribution < -0.4 is 10.6 Å². The number of alkyl halides is 1. The highest BCUT2D eigenvalue weighted by molar-refractivity contribution is 6.28. The van der Waals surface area contributed by atoms with Crippen molar-refractivity contribution < 1.29 is 19.2 Å². The number of likely N-dealkylation sites (tertiary alicyclic amines) is 1. The monoisotopic (exact) mass is 542 g/mol. The fraction of sp³-hybridized carbons (Fsp3) is 0.586. The fourth-order valence-electron chi connectivity index (χ4n) is 6.08. The molecule has 0 unspecified atom stereocenters. The molecule has 5 atom stereocenters. The molecule has 206 valence electrons. The second-order valence-electron chi connectivity index (χ2n) is 12.1. The van der Waals surface area contributed by atoms with E-state index < -0.39 is 18.1 Å². The van der Waals surface area contributed by atoms with Gasteiger partial charge in [0.25, 0.3) is 5.91 Å². The van der Waals surface area contributed by atoms with Crippen LogP contribution in [-0.4, -0.2) is 63.9 Å². The molecule has 38 heavy (non-hydrogen) atoms. The van der Waals surface area contributed by atoms with Gasteiger partial charge in [0.2, 0.25) is 11.8 Å². The first-order valence-electron chi connectivity index (χ1n) is 13.4. The standard InChI is InChI=1S/C29H39ClN4O4/c1-15(2)11-21(32-26(36)20-12-17-9-7-8-10-19(17)31-20)28(38)34-14-18-23(29(18,5)6)25(34)27(37)33-24(16(3)4)22(35)13-30/h7-10,12,15-16,18,21,23-25,31H,11,13-14H2,1-6H3,(H,32,36)(H,33,37)/t18-,21-,23-,24-,25-/m0/s1. The summed E-state index contributed by atoms with van der Waals surface area (Å²) in [6, 6.07) is 7.17. The van der Waals surface area contributed by atoms with Crippen LogP contribution >= 0.6 is 11.6 Å². The molecule has 1 saturated carbocycles. The molecule has 1 saturated heterocycles. The number of halogens is 1. The molecule has 9 heteroatoms. The molecular weight excluding hydrogens is 504 g/mol. The van der Waals surface area contributed by atoms with Crippen LogP contribution in [0.15, 0.2) is 30.3 Å².